The summed E-state index contributed by atoms with van der Waals surface area (Å²) >= 11 is 0. The average molecular weight is 319 g/mol. The molecule has 1 atom stereocenters. The van der Waals surface area contributed by atoms with E-state index in [0.29, 0.717) is 25.9 Å². The lowest BCUT2D eigenvalue weighted by Gasteiger charge is -2.32. The van der Waals surface area contributed by atoms with E-state index in [9.17, 15) is 9.59 Å². The zero-order valence-corrected chi connectivity index (χ0v) is 13.5. The number of carbonyl (C=O) groups excluding carboxylic acids is 2. The third kappa shape index (κ3) is 4.09. The first-order chi connectivity index (χ1) is 11.2. The lowest BCUT2D eigenvalue weighted by Crippen LogP contribution is -2.41. The highest BCUT2D eigenvalue weighted by atomic mass is 16.2. The summed E-state index contributed by atoms with van der Waals surface area (Å²) in [6, 6.07) is 0. The van der Waals surface area contributed by atoms with Crippen molar-refractivity contribution < 1.29 is 9.59 Å². The molecule has 2 saturated heterocycles. The zero-order chi connectivity index (χ0) is 16.1. The summed E-state index contributed by atoms with van der Waals surface area (Å²) in [7, 11) is 0. The smallest absolute Gasteiger partial charge is 0.224 e. The number of nitrogens with one attached hydrogen (secondary N) is 1. The maximum atomic E-state index is 12.5. The number of aromatic nitrogens is 3. The summed E-state index contributed by atoms with van der Waals surface area (Å²) in [5.41, 5.74) is 0. The van der Waals surface area contributed by atoms with Gasteiger partial charge in [-0.05, 0) is 25.7 Å². The second-order valence-corrected chi connectivity index (χ2v) is 6.49. The van der Waals surface area contributed by atoms with Gasteiger partial charge in [0.1, 0.15) is 12.2 Å². The molecule has 1 aromatic heterocycles. The Kier molecular flexibility index (Phi) is 5.25. The second-order valence-electron chi connectivity index (χ2n) is 6.49. The predicted octanol–water partition coefficient (Wildman–Crippen LogP) is 1.30. The number of H-pyrrole nitrogens is 1. The van der Waals surface area contributed by atoms with Gasteiger partial charge in [0.25, 0.3) is 0 Å². The Morgan fingerprint density at radius 2 is 2.17 bits per heavy atom. The van der Waals surface area contributed by atoms with Crippen LogP contribution < -0.4 is 0 Å². The molecule has 0 aromatic carbocycles. The van der Waals surface area contributed by atoms with Crippen molar-refractivity contribution in [1.82, 2.24) is 25.0 Å². The number of hydrogen-bond donors (Lipinski definition) is 1. The summed E-state index contributed by atoms with van der Waals surface area (Å²) in [5.74, 6) is 1.46. The second kappa shape index (κ2) is 7.57. The summed E-state index contributed by atoms with van der Waals surface area (Å²) in [5, 5.41) is 6.81. The van der Waals surface area contributed by atoms with Gasteiger partial charge in [-0.3, -0.25) is 14.7 Å². The van der Waals surface area contributed by atoms with Gasteiger partial charge in [-0.25, -0.2) is 4.98 Å². The molecule has 0 spiro atoms. The molecule has 2 amide bonds. The first kappa shape index (κ1) is 16.0. The lowest BCUT2D eigenvalue weighted by atomic mass is 9.97. The lowest BCUT2D eigenvalue weighted by molar-refractivity contribution is -0.134. The number of aromatic amines is 1. The highest BCUT2D eigenvalue weighted by Gasteiger charge is 2.27. The van der Waals surface area contributed by atoms with Crippen LogP contribution in [0.15, 0.2) is 6.33 Å². The molecule has 7 heteroatoms. The Hall–Kier alpha value is -1.92. The van der Waals surface area contributed by atoms with Gasteiger partial charge in [0.05, 0.1) is 0 Å². The van der Waals surface area contributed by atoms with E-state index in [-0.39, 0.29) is 17.7 Å². The molecule has 3 rings (SSSR count). The maximum Gasteiger partial charge on any atom is 0.224 e. The molecule has 0 saturated carbocycles. The molecular formula is C16H25N5O2. The van der Waals surface area contributed by atoms with Crippen LogP contribution in [0.5, 0.6) is 0 Å². The van der Waals surface area contributed by atoms with E-state index in [4.69, 9.17) is 0 Å². The summed E-state index contributed by atoms with van der Waals surface area (Å²) in [6.07, 6.45) is 7.73. The fourth-order valence-electron chi connectivity index (χ4n) is 3.50. The number of carbonyl (C=O) groups is 2. The largest absolute Gasteiger partial charge is 0.342 e. The highest BCUT2D eigenvalue weighted by Crippen LogP contribution is 2.24. The van der Waals surface area contributed by atoms with Crippen molar-refractivity contribution in [2.75, 3.05) is 26.2 Å². The van der Waals surface area contributed by atoms with E-state index in [1.807, 2.05) is 9.80 Å². The topological polar surface area (TPSA) is 82.2 Å². The Morgan fingerprint density at radius 3 is 3.00 bits per heavy atom. The minimum atomic E-state index is 0.145. The quantitative estimate of drug-likeness (QED) is 0.907. The average Bonchev–Trinajstić information content (AvgIpc) is 3.04. The van der Waals surface area contributed by atoms with Crippen molar-refractivity contribution in [1.29, 1.82) is 0 Å². The van der Waals surface area contributed by atoms with Gasteiger partial charge in [0.2, 0.25) is 11.8 Å². The molecule has 0 radical (unpaired) electrons. The van der Waals surface area contributed by atoms with Crippen LogP contribution in [-0.4, -0.2) is 63.0 Å². The van der Waals surface area contributed by atoms with Gasteiger partial charge in [-0.2, -0.15) is 5.10 Å². The Morgan fingerprint density at radius 1 is 1.26 bits per heavy atom. The van der Waals surface area contributed by atoms with Crippen molar-refractivity contribution in [2.45, 2.75) is 50.9 Å². The van der Waals surface area contributed by atoms with Crippen LogP contribution in [0, 0.1) is 0 Å². The number of piperidine rings is 1. The van der Waals surface area contributed by atoms with Crippen molar-refractivity contribution in [3.05, 3.63) is 12.2 Å². The minimum absolute atomic E-state index is 0.145. The molecule has 1 aromatic rings. The number of amides is 2. The van der Waals surface area contributed by atoms with E-state index in [1.54, 1.807) is 0 Å². The van der Waals surface area contributed by atoms with Gasteiger partial charge in [-0.15, -0.1) is 0 Å². The van der Waals surface area contributed by atoms with Crippen LogP contribution in [0.4, 0.5) is 0 Å². The summed E-state index contributed by atoms with van der Waals surface area (Å²) in [6.45, 7) is 2.85. The van der Waals surface area contributed by atoms with Gasteiger partial charge in [0.15, 0.2) is 0 Å². The van der Waals surface area contributed by atoms with E-state index in [0.717, 1.165) is 51.0 Å². The van der Waals surface area contributed by atoms with Crippen LogP contribution in [0.3, 0.4) is 0 Å². The van der Waals surface area contributed by atoms with Crippen molar-refractivity contribution in [3.63, 3.8) is 0 Å². The molecule has 7 nitrogen and oxygen atoms in total. The third-order valence-corrected chi connectivity index (χ3v) is 4.86. The Labute approximate surface area is 136 Å². The number of nitrogens with zero attached hydrogens (tertiary/aromatic N) is 4. The third-order valence-electron chi connectivity index (χ3n) is 4.86. The van der Waals surface area contributed by atoms with Gasteiger partial charge in [-0.1, -0.05) is 6.42 Å². The Balaban J connectivity index is 1.50. The normalized spacial score (nSPS) is 23.0. The fraction of sp³-hybridized carbons (Fsp3) is 0.750. The van der Waals surface area contributed by atoms with Crippen LogP contribution in [0.25, 0.3) is 0 Å². The molecule has 0 bridgehead atoms. The van der Waals surface area contributed by atoms with E-state index in [2.05, 4.69) is 15.2 Å². The van der Waals surface area contributed by atoms with Gasteiger partial charge in [0, 0.05) is 44.9 Å². The fourth-order valence-corrected chi connectivity index (χ4v) is 3.50. The number of hydrogen-bond acceptors (Lipinski definition) is 4. The van der Waals surface area contributed by atoms with Crippen LogP contribution >= 0.6 is 0 Å². The standard InChI is InChI=1S/C16H25N5O2/c22-14-6-2-1-3-8-20(14)10-7-15(23)21-9-4-5-13(11-21)16-17-12-18-19-16/h12-13H,1-11H2,(H,17,18,19). The first-order valence-corrected chi connectivity index (χ1v) is 8.65. The van der Waals surface area contributed by atoms with Crippen molar-refractivity contribution >= 4 is 11.8 Å². The Bertz CT molecular complexity index is 531. The molecule has 0 aliphatic carbocycles. The zero-order valence-electron chi connectivity index (χ0n) is 13.5. The van der Waals surface area contributed by atoms with Gasteiger partial charge >= 0.3 is 0 Å². The summed E-state index contributed by atoms with van der Waals surface area (Å²) in [4.78, 5) is 32.5. The SMILES string of the molecule is O=C1CCCCCN1CCC(=O)N1CCCC(c2ncn[nH]2)C1. The molecule has 1 N–H and O–H groups in total. The highest BCUT2D eigenvalue weighted by molar-refractivity contribution is 5.79. The molecule has 2 fully saturated rings. The van der Waals surface area contributed by atoms with Crippen LogP contribution in [-0.2, 0) is 9.59 Å². The van der Waals surface area contributed by atoms with Crippen LogP contribution in [0.1, 0.15) is 56.7 Å². The van der Waals surface area contributed by atoms with E-state index < -0.39 is 0 Å². The van der Waals surface area contributed by atoms with Crippen LogP contribution in [0.2, 0.25) is 0 Å². The molecular weight excluding hydrogens is 294 g/mol. The van der Waals surface area contributed by atoms with E-state index in [1.165, 1.54) is 6.33 Å². The molecule has 2 aliphatic heterocycles. The maximum absolute atomic E-state index is 12.5. The molecule has 3 heterocycles. The molecule has 23 heavy (non-hydrogen) atoms. The monoisotopic (exact) mass is 319 g/mol. The number of rotatable bonds is 4. The van der Waals surface area contributed by atoms with Crippen molar-refractivity contribution in [2.24, 2.45) is 0 Å². The summed E-state index contributed by atoms with van der Waals surface area (Å²) < 4.78 is 0. The van der Waals surface area contributed by atoms with Gasteiger partial charge < -0.3 is 9.80 Å². The number of likely N-dealkylation sites (tertiary alicyclic amines) is 2. The minimum Gasteiger partial charge on any atom is -0.342 e. The molecule has 1 unspecified atom stereocenters. The van der Waals surface area contributed by atoms with E-state index >= 15 is 0 Å². The predicted molar refractivity (Wildman–Crippen MR) is 84.6 cm³/mol. The first-order valence-electron chi connectivity index (χ1n) is 8.65. The van der Waals surface area contributed by atoms with Crippen molar-refractivity contribution in [3.8, 4) is 0 Å². The molecule has 126 valence electrons. The molecule has 2 aliphatic rings.